The van der Waals surface area contributed by atoms with Crippen LogP contribution in [0.5, 0.6) is 0 Å². The molecule has 0 aliphatic heterocycles. The first-order chi connectivity index (χ1) is 33.6. The predicted molar refractivity (Wildman–Crippen MR) is 271 cm³/mol. The number of primary amides is 1. The SMILES string of the molecule is CCC(C)CCC(=O)N[C@H](CCN)C(=O)N[C@@H](CCN)C(=O)N[C@@H](CCN)C(=O)N[C@@H](CC(C)C)C(=O)N[C@H](Cc1ccccc1)C(=O)N[C@@H](CCN)C(=O)N[C@@H](CCN)C(=O)N[C@@H](CC(C)C)C(N)=O. The Kier molecular flexibility index (Phi) is 30.8. The highest BCUT2D eigenvalue weighted by atomic mass is 16.2. The summed E-state index contributed by atoms with van der Waals surface area (Å²) >= 11 is 0. The quantitative estimate of drug-likeness (QED) is 0.0325. The Hall–Kier alpha value is -5.75. The molecule has 1 aromatic carbocycles. The number of carbonyl (C=O) groups excluding carboxylic acids is 9. The second kappa shape index (κ2) is 34.6. The number of nitrogens with one attached hydrogen (secondary N) is 8. The van der Waals surface area contributed by atoms with Crippen LogP contribution >= 0.6 is 0 Å². The van der Waals surface area contributed by atoms with E-state index < -0.39 is 95.6 Å². The first-order valence-electron chi connectivity index (χ1n) is 24.9. The number of hydrogen-bond acceptors (Lipinski definition) is 14. The van der Waals surface area contributed by atoms with E-state index >= 15 is 0 Å². The highest BCUT2D eigenvalue weighted by Gasteiger charge is 2.35. The molecule has 71 heavy (non-hydrogen) atoms. The fourth-order valence-electron chi connectivity index (χ4n) is 7.41. The summed E-state index contributed by atoms with van der Waals surface area (Å²) in [5.74, 6) is -6.14. The summed E-state index contributed by atoms with van der Waals surface area (Å²) < 4.78 is 0. The lowest BCUT2D eigenvalue weighted by atomic mass is 10.00. The Morgan fingerprint density at radius 3 is 1.08 bits per heavy atom. The van der Waals surface area contributed by atoms with Gasteiger partial charge in [0.15, 0.2) is 0 Å². The maximum atomic E-state index is 14.3. The van der Waals surface area contributed by atoms with Gasteiger partial charge in [0.25, 0.3) is 0 Å². The van der Waals surface area contributed by atoms with Gasteiger partial charge in [0.2, 0.25) is 53.2 Å². The minimum atomic E-state index is -1.31. The minimum absolute atomic E-state index is 0.0110. The molecule has 1 rings (SSSR count). The minimum Gasteiger partial charge on any atom is -0.368 e. The third-order valence-electron chi connectivity index (χ3n) is 11.6. The largest absolute Gasteiger partial charge is 0.368 e. The van der Waals surface area contributed by atoms with E-state index in [2.05, 4.69) is 42.5 Å². The lowest BCUT2D eigenvalue weighted by molar-refractivity contribution is -0.136. The summed E-state index contributed by atoms with van der Waals surface area (Å²) in [6.45, 7) is 11.3. The normalized spacial score (nSPS) is 15.1. The van der Waals surface area contributed by atoms with Gasteiger partial charge in [-0.05, 0) is 107 Å². The lowest BCUT2D eigenvalue weighted by Gasteiger charge is -2.28. The molecule has 0 fully saturated rings. The Balaban J connectivity index is 3.39. The smallest absolute Gasteiger partial charge is 0.243 e. The zero-order valence-corrected chi connectivity index (χ0v) is 42.7. The van der Waals surface area contributed by atoms with Gasteiger partial charge in [0, 0.05) is 12.8 Å². The summed E-state index contributed by atoms with van der Waals surface area (Å²) in [4.78, 5) is 122. The molecule has 0 saturated carbocycles. The molecule has 9 amide bonds. The molecular formula is C48H86N14O9. The van der Waals surface area contributed by atoms with Gasteiger partial charge in [0.05, 0.1) is 0 Å². The number of benzene rings is 1. The van der Waals surface area contributed by atoms with E-state index in [-0.39, 0.29) is 108 Å². The van der Waals surface area contributed by atoms with Crippen molar-refractivity contribution in [3.63, 3.8) is 0 Å². The second-order valence-corrected chi connectivity index (χ2v) is 18.8. The molecule has 23 nitrogen and oxygen atoms in total. The highest BCUT2D eigenvalue weighted by molar-refractivity contribution is 5.98. The Bertz CT molecular complexity index is 1840. The molecule has 20 N–H and O–H groups in total. The molecule has 0 bridgehead atoms. The van der Waals surface area contributed by atoms with E-state index in [1.54, 1.807) is 30.3 Å². The van der Waals surface area contributed by atoms with Crippen LogP contribution in [0.3, 0.4) is 0 Å². The molecule has 0 radical (unpaired) electrons. The van der Waals surface area contributed by atoms with Gasteiger partial charge in [-0.3, -0.25) is 43.2 Å². The van der Waals surface area contributed by atoms with Gasteiger partial charge in [0.1, 0.15) is 48.3 Å². The van der Waals surface area contributed by atoms with Crippen molar-refractivity contribution in [2.75, 3.05) is 32.7 Å². The topological polar surface area (TPSA) is 406 Å². The third-order valence-corrected chi connectivity index (χ3v) is 11.6. The average molecular weight is 1000 g/mol. The molecule has 0 aliphatic carbocycles. The van der Waals surface area contributed by atoms with Crippen molar-refractivity contribution in [2.24, 2.45) is 52.2 Å². The number of amides is 9. The Morgan fingerprint density at radius 1 is 0.423 bits per heavy atom. The van der Waals surface area contributed by atoms with E-state index in [0.29, 0.717) is 17.9 Å². The molecule has 0 spiro atoms. The van der Waals surface area contributed by atoms with Gasteiger partial charge >= 0.3 is 0 Å². The van der Waals surface area contributed by atoms with E-state index in [1.807, 2.05) is 41.5 Å². The van der Waals surface area contributed by atoms with Crippen LogP contribution in [0, 0.1) is 17.8 Å². The Morgan fingerprint density at radius 2 is 0.732 bits per heavy atom. The van der Waals surface area contributed by atoms with Crippen LogP contribution in [-0.2, 0) is 49.6 Å². The average Bonchev–Trinajstić information content (AvgIpc) is 3.31. The van der Waals surface area contributed by atoms with Crippen molar-refractivity contribution in [3.05, 3.63) is 35.9 Å². The number of nitrogens with two attached hydrogens (primary N) is 6. The van der Waals surface area contributed by atoms with Gasteiger partial charge in [-0.25, -0.2) is 0 Å². The molecule has 0 aromatic heterocycles. The highest BCUT2D eigenvalue weighted by Crippen LogP contribution is 2.12. The number of hydrogen-bond donors (Lipinski definition) is 14. The van der Waals surface area contributed by atoms with Crippen molar-refractivity contribution < 1.29 is 43.2 Å². The van der Waals surface area contributed by atoms with Gasteiger partial charge in [-0.15, -0.1) is 0 Å². The summed E-state index contributed by atoms with van der Waals surface area (Å²) in [7, 11) is 0. The fourth-order valence-corrected chi connectivity index (χ4v) is 7.41. The summed E-state index contributed by atoms with van der Waals surface area (Å²) in [6.07, 6.45) is 1.95. The second-order valence-electron chi connectivity index (χ2n) is 18.8. The predicted octanol–water partition coefficient (Wildman–Crippen LogP) is -2.74. The van der Waals surface area contributed by atoms with E-state index in [9.17, 15) is 43.2 Å². The van der Waals surface area contributed by atoms with E-state index in [0.717, 1.165) is 6.42 Å². The number of carbonyl (C=O) groups is 9. The summed E-state index contributed by atoms with van der Waals surface area (Å²) in [5, 5.41) is 21.3. The summed E-state index contributed by atoms with van der Waals surface area (Å²) in [6, 6.07) is -0.851. The monoisotopic (exact) mass is 1000 g/mol. The molecule has 402 valence electrons. The fraction of sp³-hybridized carbons (Fsp3) is 0.688. The van der Waals surface area contributed by atoms with Crippen molar-refractivity contribution in [1.82, 2.24) is 42.5 Å². The van der Waals surface area contributed by atoms with Gasteiger partial charge in [-0.2, -0.15) is 0 Å². The zero-order chi connectivity index (χ0) is 53.6. The first kappa shape index (κ1) is 63.3. The van der Waals surface area contributed by atoms with Crippen molar-refractivity contribution in [3.8, 4) is 0 Å². The van der Waals surface area contributed by atoms with Crippen LogP contribution in [0.4, 0.5) is 0 Å². The van der Waals surface area contributed by atoms with Crippen LogP contribution in [0.1, 0.15) is 111 Å². The summed E-state index contributed by atoms with van der Waals surface area (Å²) in [5.41, 5.74) is 35.3. The van der Waals surface area contributed by atoms with Crippen LogP contribution in [-0.4, -0.2) is 134 Å². The first-order valence-corrected chi connectivity index (χ1v) is 24.9. The molecule has 23 heteroatoms. The van der Waals surface area contributed by atoms with Gasteiger partial charge in [-0.1, -0.05) is 78.3 Å². The maximum Gasteiger partial charge on any atom is 0.243 e. The van der Waals surface area contributed by atoms with E-state index in [1.165, 1.54) is 0 Å². The molecule has 0 aliphatic rings. The van der Waals surface area contributed by atoms with Crippen molar-refractivity contribution >= 4 is 53.2 Å². The van der Waals surface area contributed by atoms with Crippen LogP contribution in [0.25, 0.3) is 0 Å². The molecular weight excluding hydrogens is 917 g/mol. The van der Waals surface area contributed by atoms with Crippen molar-refractivity contribution in [1.29, 1.82) is 0 Å². The van der Waals surface area contributed by atoms with E-state index in [4.69, 9.17) is 34.4 Å². The molecule has 9 atom stereocenters. The van der Waals surface area contributed by atoms with Gasteiger partial charge < -0.3 is 76.9 Å². The number of rotatable bonds is 36. The molecule has 1 unspecified atom stereocenters. The molecule has 0 saturated heterocycles. The zero-order valence-electron chi connectivity index (χ0n) is 42.7. The molecule has 1 aromatic rings. The Labute approximate surface area is 419 Å². The van der Waals surface area contributed by atoms with Crippen molar-refractivity contribution in [2.45, 2.75) is 161 Å². The third kappa shape index (κ3) is 24.8. The van der Waals surface area contributed by atoms with Crippen LogP contribution < -0.4 is 76.9 Å². The van der Waals surface area contributed by atoms with Crippen LogP contribution in [0.15, 0.2) is 30.3 Å². The standard InChI is InChI=1S/C48H86N14O9/c1-7-30(6)13-14-40(63)55-32(15-20-49)42(65)56-33(16-21-50)43(66)58-36(19-24-53)46(69)61-38(26-29(4)5)47(70)62-39(27-31-11-9-8-10-12-31)48(71)59-34(17-22-51)44(67)57-35(18-23-52)45(68)60-37(41(54)64)25-28(2)3/h8-12,28-30,32-39H,7,13-27,49-53H2,1-6H3,(H2,54,64)(H,55,63)(H,56,65)(H,57,67)(H,58,66)(H,59,71)(H,60,68)(H,61,69)(H,62,70)/t30?,32-,33+,34+,35+,36+,37+,38+,39-/m1/s1. The maximum absolute atomic E-state index is 14.3. The molecule has 0 heterocycles. The lowest BCUT2D eigenvalue weighted by Crippen LogP contribution is -2.61. The van der Waals surface area contributed by atoms with Crippen LogP contribution in [0.2, 0.25) is 0 Å².